The molecule has 0 saturated carbocycles. The summed E-state index contributed by atoms with van der Waals surface area (Å²) < 4.78 is 1.98. The summed E-state index contributed by atoms with van der Waals surface area (Å²) in [6.07, 6.45) is 5.18. The topological polar surface area (TPSA) is 87.6 Å². The van der Waals surface area contributed by atoms with Crippen molar-refractivity contribution >= 4 is 11.7 Å². The summed E-state index contributed by atoms with van der Waals surface area (Å²) in [5, 5.41) is 10.2. The van der Waals surface area contributed by atoms with Crippen molar-refractivity contribution in [3.8, 4) is 0 Å². The van der Waals surface area contributed by atoms with Crippen LogP contribution < -0.4 is 10.6 Å². The number of H-pyrrole nitrogens is 1. The van der Waals surface area contributed by atoms with Gasteiger partial charge in [0.1, 0.15) is 5.82 Å². The Morgan fingerprint density at radius 3 is 2.69 bits per heavy atom. The minimum Gasteiger partial charge on any atom is -0.349 e. The third kappa shape index (κ3) is 4.95. The van der Waals surface area contributed by atoms with Crippen LogP contribution in [0.4, 0.5) is 10.5 Å². The monoisotopic (exact) mass is 352 g/mol. The highest BCUT2D eigenvalue weighted by atomic mass is 16.2. The molecular weight excluding hydrogens is 328 g/mol. The van der Waals surface area contributed by atoms with Crippen LogP contribution >= 0.6 is 0 Å². The van der Waals surface area contributed by atoms with Crippen LogP contribution in [0.2, 0.25) is 0 Å². The SMILES string of the molecule is Cc1cc(C)n(Cc2ccc(NC(=O)NCCCc3ncc[nH]3)cc2)n1. The number of nitrogens with one attached hydrogen (secondary N) is 3. The first-order valence-corrected chi connectivity index (χ1v) is 8.73. The molecule has 0 spiro atoms. The molecule has 0 radical (unpaired) electrons. The van der Waals surface area contributed by atoms with Gasteiger partial charge < -0.3 is 15.6 Å². The number of aromatic amines is 1. The fourth-order valence-electron chi connectivity index (χ4n) is 2.77. The van der Waals surface area contributed by atoms with Gasteiger partial charge in [-0.1, -0.05) is 12.1 Å². The minimum absolute atomic E-state index is 0.198. The molecule has 0 saturated heterocycles. The number of rotatable bonds is 7. The molecule has 2 amide bonds. The minimum atomic E-state index is -0.198. The van der Waals surface area contributed by atoms with Gasteiger partial charge in [-0.25, -0.2) is 9.78 Å². The normalized spacial score (nSPS) is 10.7. The quantitative estimate of drug-likeness (QED) is 0.571. The number of imidazole rings is 1. The zero-order chi connectivity index (χ0) is 18.4. The summed E-state index contributed by atoms with van der Waals surface area (Å²) in [6, 6.07) is 9.68. The van der Waals surface area contributed by atoms with Crippen LogP contribution in [0.1, 0.15) is 29.2 Å². The lowest BCUT2D eigenvalue weighted by atomic mass is 10.2. The first-order valence-electron chi connectivity index (χ1n) is 8.73. The lowest BCUT2D eigenvalue weighted by Gasteiger charge is -2.09. The van der Waals surface area contributed by atoms with Gasteiger partial charge in [0.05, 0.1) is 12.2 Å². The molecule has 0 aliphatic rings. The van der Waals surface area contributed by atoms with Crippen molar-refractivity contribution in [1.82, 2.24) is 25.1 Å². The van der Waals surface area contributed by atoms with E-state index in [0.717, 1.165) is 47.8 Å². The van der Waals surface area contributed by atoms with Gasteiger partial charge in [0.25, 0.3) is 0 Å². The number of nitrogens with zero attached hydrogens (tertiary/aromatic N) is 3. The van der Waals surface area contributed by atoms with Crippen LogP contribution in [0.3, 0.4) is 0 Å². The van der Waals surface area contributed by atoms with Crippen LogP contribution in [-0.2, 0) is 13.0 Å². The Bertz CT molecular complexity index is 836. The lowest BCUT2D eigenvalue weighted by molar-refractivity contribution is 0.252. The average Bonchev–Trinajstić information content (AvgIpc) is 3.23. The Balaban J connectivity index is 1.43. The molecule has 0 atom stereocenters. The molecule has 2 aromatic heterocycles. The smallest absolute Gasteiger partial charge is 0.319 e. The predicted molar refractivity (Wildman–Crippen MR) is 101 cm³/mol. The summed E-state index contributed by atoms with van der Waals surface area (Å²) in [4.78, 5) is 19.1. The van der Waals surface area contributed by atoms with Crippen molar-refractivity contribution in [1.29, 1.82) is 0 Å². The van der Waals surface area contributed by atoms with E-state index in [2.05, 4.69) is 31.8 Å². The van der Waals surface area contributed by atoms with Gasteiger partial charge in [0.2, 0.25) is 0 Å². The molecule has 0 aliphatic carbocycles. The molecule has 0 bridgehead atoms. The van der Waals surface area contributed by atoms with Crippen LogP contribution in [-0.4, -0.2) is 32.3 Å². The first-order chi connectivity index (χ1) is 12.6. The number of hydrogen-bond donors (Lipinski definition) is 3. The van der Waals surface area contributed by atoms with Crippen molar-refractivity contribution in [3.05, 3.63) is 65.5 Å². The number of amides is 2. The first kappa shape index (κ1) is 17.7. The fraction of sp³-hybridized carbons (Fsp3) is 0.316. The van der Waals surface area contributed by atoms with Crippen molar-refractivity contribution in [3.63, 3.8) is 0 Å². The average molecular weight is 352 g/mol. The Hall–Kier alpha value is -3.09. The van der Waals surface area contributed by atoms with E-state index in [-0.39, 0.29) is 6.03 Å². The number of benzene rings is 1. The fourth-order valence-corrected chi connectivity index (χ4v) is 2.77. The van der Waals surface area contributed by atoms with Crippen molar-refractivity contribution in [2.45, 2.75) is 33.2 Å². The predicted octanol–water partition coefficient (Wildman–Crippen LogP) is 3.03. The molecule has 2 heterocycles. The van der Waals surface area contributed by atoms with Gasteiger partial charge in [-0.05, 0) is 44.0 Å². The van der Waals surface area contributed by atoms with Crippen LogP contribution in [0, 0.1) is 13.8 Å². The number of carbonyl (C=O) groups is 1. The van der Waals surface area contributed by atoms with E-state index >= 15 is 0 Å². The largest absolute Gasteiger partial charge is 0.349 e. The van der Waals surface area contributed by atoms with E-state index in [1.54, 1.807) is 12.4 Å². The van der Waals surface area contributed by atoms with Gasteiger partial charge in [0, 0.05) is 36.7 Å². The highest BCUT2D eigenvalue weighted by molar-refractivity contribution is 5.89. The molecule has 3 N–H and O–H groups in total. The van der Waals surface area contributed by atoms with Crippen molar-refractivity contribution in [2.24, 2.45) is 0 Å². The third-order valence-electron chi connectivity index (χ3n) is 4.08. The molecule has 7 heteroatoms. The number of urea groups is 1. The summed E-state index contributed by atoms with van der Waals surface area (Å²) in [5.41, 5.74) is 4.06. The molecule has 3 aromatic rings. The van der Waals surface area contributed by atoms with E-state index in [1.807, 2.05) is 42.8 Å². The molecule has 1 aromatic carbocycles. The van der Waals surface area contributed by atoms with Gasteiger partial charge in [-0.15, -0.1) is 0 Å². The summed E-state index contributed by atoms with van der Waals surface area (Å²) >= 11 is 0. The lowest BCUT2D eigenvalue weighted by Crippen LogP contribution is -2.29. The maximum Gasteiger partial charge on any atom is 0.319 e. The van der Waals surface area contributed by atoms with E-state index in [0.29, 0.717) is 6.54 Å². The number of aromatic nitrogens is 4. The highest BCUT2D eigenvalue weighted by Gasteiger charge is 2.04. The van der Waals surface area contributed by atoms with Crippen molar-refractivity contribution in [2.75, 3.05) is 11.9 Å². The van der Waals surface area contributed by atoms with E-state index in [9.17, 15) is 4.79 Å². The molecule has 0 unspecified atom stereocenters. The van der Waals surface area contributed by atoms with Crippen LogP contribution in [0.5, 0.6) is 0 Å². The number of anilines is 1. The summed E-state index contributed by atoms with van der Waals surface area (Å²) in [7, 11) is 0. The van der Waals surface area contributed by atoms with Gasteiger partial charge in [0.15, 0.2) is 0 Å². The maximum atomic E-state index is 11.9. The molecule has 136 valence electrons. The molecule has 7 nitrogen and oxygen atoms in total. The zero-order valence-corrected chi connectivity index (χ0v) is 15.1. The molecule has 0 aliphatic heterocycles. The van der Waals surface area contributed by atoms with Gasteiger partial charge in [-0.3, -0.25) is 4.68 Å². The van der Waals surface area contributed by atoms with Gasteiger partial charge >= 0.3 is 6.03 Å². The Labute approximate surface area is 152 Å². The number of carbonyl (C=O) groups excluding carboxylic acids is 1. The highest BCUT2D eigenvalue weighted by Crippen LogP contribution is 2.12. The molecule has 3 rings (SSSR count). The van der Waals surface area contributed by atoms with E-state index in [1.165, 1.54) is 0 Å². The van der Waals surface area contributed by atoms with Gasteiger partial charge in [-0.2, -0.15) is 5.10 Å². The third-order valence-corrected chi connectivity index (χ3v) is 4.08. The summed E-state index contributed by atoms with van der Waals surface area (Å²) in [6.45, 7) is 5.36. The Morgan fingerprint density at radius 1 is 1.23 bits per heavy atom. The molecule has 26 heavy (non-hydrogen) atoms. The van der Waals surface area contributed by atoms with E-state index in [4.69, 9.17) is 0 Å². The maximum absolute atomic E-state index is 11.9. The van der Waals surface area contributed by atoms with E-state index < -0.39 is 0 Å². The molecular formula is C19H24N6O. The second-order valence-electron chi connectivity index (χ2n) is 6.30. The zero-order valence-electron chi connectivity index (χ0n) is 15.1. The number of hydrogen-bond acceptors (Lipinski definition) is 3. The summed E-state index contributed by atoms with van der Waals surface area (Å²) in [5.74, 6) is 0.936. The second-order valence-corrected chi connectivity index (χ2v) is 6.30. The Morgan fingerprint density at radius 2 is 2.04 bits per heavy atom. The molecule has 0 fully saturated rings. The van der Waals surface area contributed by atoms with Crippen LogP contribution in [0.25, 0.3) is 0 Å². The number of aryl methyl sites for hydroxylation is 3. The Kier molecular flexibility index (Phi) is 5.68. The van der Waals surface area contributed by atoms with Crippen LogP contribution in [0.15, 0.2) is 42.7 Å². The standard InChI is InChI=1S/C19H24N6O/c1-14-12-15(2)25(24-14)13-16-5-7-17(8-6-16)23-19(26)22-9-3-4-18-20-10-11-21-18/h5-8,10-12H,3-4,9,13H2,1-2H3,(H,20,21)(H2,22,23,26). The second kappa shape index (κ2) is 8.33. The van der Waals surface area contributed by atoms with Crippen molar-refractivity contribution < 1.29 is 4.79 Å².